The molecule has 0 saturated carbocycles. The summed E-state index contributed by atoms with van der Waals surface area (Å²) in [6.45, 7) is 4.30. The van der Waals surface area contributed by atoms with Crippen molar-refractivity contribution in [3.8, 4) is 0 Å². The van der Waals surface area contributed by atoms with E-state index in [1.54, 1.807) is 24.4 Å². The van der Waals surface area contributed by atoms with E-state index in [-0.39, 0.29) is 10.9 Å². The Morgan fingerprint density at radius 1 is 1.23 bits per heavy atom. The number of nitrogens with one attached hydrogen (secondary N) is 1. The molecule has 1 heterocycles. The Morgan fingerprint density at radius 3 is 2.58 bits per heavy atom. The summed E-state index contributed by atoms with van der Waals surface area (Å²) in [5, 5.41) is 7.40. The summed E-state index contributed by atoms with van der Waals surface area (Å²) in [6.07, 6.45) is 3.61. The van der Waals surface area contributed by atoms with Gasteiger partial charge in [0.25, 0.3) is 5.91 Å². The molecule has 4 nitrogen and oxygen atoms in total. The van der Waals surface area contributed by atoms with Crippen LogP contribution in [0.5, 0.6) is 0 Å². The quantitative estimate of drug-likeness (QED) is 0.723. The Hall–Kier alpha value is -2.66. The minimum absolute atomic E-state index is 0.221. The van der Waals surface area contributed by atoms with Gasteiger partial charge in [-0.15, -0.1) is 0 Å². The molecule has 0 radical (unpaired) electrons. The SMILES string of the molecule is CC(C)(NC(=O)c1ccc(Cn2cccn2)cc1)c1ccc(F)cc1Cl. The van der Waals surface area contributed by atoms with Gasteiger partial charge in [0.2, 0.25) is 0 Å². The molecule has 0 unspecified atom stereocenters. The summed E-state index contributed by atoms with van der Waals surface area (Å²) in [6, 6.07) is 13.4. The van der Waals surface area contributed by atoms with Crippen LogP contribution >= 0.6 is 11.6 Å². The van der Waals surface area contributed by atoms with E-state index in [9.17, 15) is 9.18 Å². The van der Waals surface area contributed by atoms with Crippen molar-refractivity contribution in [3.05, 3.63) is 88.5 Å². The van der Waals surface area contributed by atoms with Crippen molar-refractivity contribution in [2.24, 2.45) is 0 Å². The van der Waals surface area contributed by atoms with Gasteiger partial charge in [-0.1, -0.05) is 29.8 Å². The van der Waals surface area contributed by atoms with Crippen molar-refractivity contribution >= 4 is 17.5 Å². The fourth-order valence-electron chi connectivity index (χ4n) is 2.76. The lowest BCUT2D eigenvalue weighted by molar-refractivity contribution is 0.0912. The minimum atomic E-state index is -0.740. The highest BCUT2D eigenvalue weighted by Gasteiger charge is 2.26. The number of rotatable bonds is 5. The Morgan fingerprint density at radius 2 is 1.96 bits per heavy atom. The van der Waals surface area contributed by atoms with Gasteiger partial charge in [0, 0.05) is 23.0 Å². The van der Waals surface area contributed by atoms with Crippen LogP contribution in [0.4, 0.5) is 4.39 Å². The van der Waals surface area contributed by atoms with Crippen LogP contribution in [0, 0.1) is 5.82 Å². The van der Waals surface area contributed by atoms with Gasteiger partial charge in [0.15, 0.2) is 0 Å². The third-order valence-corrected chi connectivity index (χ3v) is 4.46. The molecule has 0 bridgehead atoms. The monoisotopic (exact) mass is 371 g/mol. The highest BCUT2D eigenvalue weighted by atomic mass is 35.5. The van der Waals surface area contributed by atoms with E-state index in [1.165, 1.54) is 12.1 Å². The molecule has 0 aliphatic carbocycles. The van der Waals surface area contributed by atoms with Crippen LogP contribution in [0.25, 0.3) is 0 Å². The van der Waals surface area contributed by atoms with E-state index >= 15 is 0 Å². The molecule has 26 heavy (non-hydrogen) atoms. The summed E-state index contributed by atoms with van der Waals surface area (Å²) < 4.78 is 15.1. The number of aromatic nitrogens is 2. The lowest BCUT2D eigenvalue weighted by Crippen LogP contribution is -2.41. The van der Waals surface area contributed by atoms with E-state index in [0.717, 1.165) is 5.56 Å². The number of halogens is 2. The average molecular weight is 372 g/mol. The second-order valence-corrected chi connectivity index (χ2v) is 7.01. The predicted molar refractivity (Wildman–Crippen MR) is 99.7 cm³/mol. The van der Waals surface area contributed by atoms with Gasteiger partial charge in [0.1, 0.15) is 5.82 Å². The number of nitrogens with zero attached hydrogens (tertiary/aromatic N) is 2. The van der Waals surface area contributed by atoms with Crippen LogP contribution in [-0.4, -0.2) is 15.7 Å². The molecule has 1 N–H and O–H groups in total. The molecular weight excluding hydrogens is 353 g/mol. The maximum Gasteiger partial charge on any atom is 0.251 e. The van der Waals surface area contributed by atoms with Crippen LogP contribution in [0.2, 0.25) is 5.02 Å². The summed E-state index contributed by atoms with van der Waals surface area (Å²) >= 11 is 6.13. The zero-order valence-corrected chi connectivity index (χ0v) is 15.3. The van der Waals surface area contributed by atoms with Gasteiger partial charge < -0.3 is 5.32 Å². The molecule has 3 rings (SSSR count). The first-order valence-corrected chi connectivity index (χ1v) is 8.57. The number of carbonyl (C=O) groups is 1. The summed E-state index contributed by atoms with van der Waals surface area (Å²) in [4.78, 5) is 12.6. The third kappa shape index (κ3) is 4.11. The zero-order valence-electron chi connectivity index (χ0n) is 14.5. The number of hydrogen-bond acceptors (Lipinski definition) is 2. The lowest BCUT2D eigenvalue weighted by Gasteiger charge is -2.28. The summed E-state index contributed by atoms with van der Waals surface area (Å²) in [5.74, 6) is -0.630. The molecule has 0 saturated heterocycles. The van der Waals surface area contributed by atoms with Crippen molar-refractivity contribution in [2.75, 3.05) is 0 Å². The molecule has 3 aromatic rings. The second-order valence-electron chi connectivity index (χ2n) is 6.60. The number of benzene rings is 2. The highest BCUT2D eigenvalue weighted by molar-refractivity contribution is 6.31. The van der Waals surface area contributed by atoms with E-state index in [4.69, 9.17) is 11.6 Å². The van der Waals surface area contributed by atoms with Gasteiger partial charge in [-0.05, 0) is 55.3 Å². The highest BCUT2D eigenvalue weighted by Crippen LogP contribution is 2.28. The predicted octanol–water partition coefficient (Wildman–Crippen LogP) is 4.39. The molecule has 0 atom stereocenters. The molecule has 1 amide bonds. The molecule has 6 heteroatoms. The fourth-order valence-corrected chi connectivity index (χ4v) is 3.17. The van der Waals surface area contributed by atoms with Gasteiger partial charge in [-0.3, -0.25) is 9.48 Å². The molecule has 0 aliphatic rings. The minimum Gasteiger partial charge on any atom is -0.343 e. The van der Waals surface area contributed by atoms with Crippen LogP contribution in [-0.2, 0) is 12.1 Å². The molecule has 1 aromatic heterocycles. The van der Waals surface area contributed by atoms with Gasteiger partial charge in [-0.2, -0.15) is 5.10 Å². The maximum absolute atomic E-state index is 13.3. The van der Waals surface area contributed by atoms with Crippen molar-refractivity contribution in [1.82, 2.24) is 15.1 Å². The van der Waals surface area contributed by atoms with Gasteiger partial charge in [-0.25, -0.2) is 4.39 Å². The van der Waals surface area contributed by atoms with Gasteiger partial charge in [0.05, 0.1) is 12.1 Å². The molecule has 0 fully saturated rings. The fraction of sp³-hybridized carbons (Fsp3) is 0.200. The third-order valence-electron chi connectivity index (χ3n) is 4.15. The Bertz CT molecular complexity index is 905. The van der Waals surface area contributed by atoms with Crippen LogP contribution in [0.3, 0.4) is 0 Å². The molecule has 2 aromatic carbocycles. The zero-order chi connectivity index (χ0) is 18.7. The largest absolute Gasteiger partial charge is 0.343 e. The first-order valence-electron chi connectivity index (χ1n) is 8.19. The van der Waals surface area contributed by atoms with Crippen molar-refractivity contribution in [2.45, 2.75) is 25.9 Å². The van der Waals surface area contributed by atoms with Crippen molar-refractivity contribution in [1.29, 1.82) is 0 Å². The number of carbonyl (C=O) groups excluding carboxylic acids is 1. The second kappa shape index (κ2) is 7.30. The molecular formula is C20H19ClFN3O. The normalized spacial score (nSPS) is 11.4. The molecule has 0 aliphatic heterocycles. The summed E-state index contributed by atoms with van der Waals surface area (Å²) in [7, 11) is 0. The van der Waals surface area contributed by atoms with Gasteiger partial charge >= 0.3 is 0 Å². The molecule has 134 valence electrons. The summed E-state index contributed by atoms with van der Waals surface area (Å²) in [5.41, 5.74) is 1.51. The average Bonchev–Trinajstić information content (AvgIpc) is 3.07. The first-order chi connectivity index (χ1) is 12.3. The first kappa shape index (κ1) is 18.1. The number of amides is 1. The Kier molecular flexibility index (Phi) is 5.09. The topological polar surface area (TPSA) is 46.9 Å². The van der Waals surface area contributed by atoms with Crippen LogP contribution in [0.1, 0.15) is 35.3 Å². The standard InChI is InChI=1S/C20H19ClFN3O/c1-20(2,17-9-8-16(22)12-18(17)21)24-19(26)15-6-4-14(5-7-15)13-25-11-3-10-23-25/h3-12H,13H2,1-2H3,(H,24,26). The molecule has 0 spiro atoms. The number of hydrogen-bond donors (Lipinski definition) is 1. The van der Waals surface area contributed by atoms with E-state index in [2.05, 4.69) is 10.4 Å². The van der Waals surface area contributed by atoms with E-state index in [1.807, 2.05) is 42.9 Å². The van der Waals surface area contributed by atoms with E-state index < -0.39 is 11.4 Å². The van der Waals surface area contributed by atoms with Crippen LogP contribution in [0.15, 0.2) is 60.9 Å². The smallest absolute Gasteiger partial charge is 0.251 e. The lowest BCUT2D eigenvalue weighted by atomic mass is 9.93. The van der Waals surface area contributed by atoms with E-state index in [0.29, 0.717) is 17.7 Å². The van der Waals surface area contributed by atoms with Crippen molar-refractivity contribution < 1.29 is 9.18 Å². The maximum atomic E-state index is 13.3. The Labute approximate surface area is 156 Å². The van der Waals surface area contributed by atoms with Crippen molar-refractivity contribution in [3.63, 3.8) is 0 Å². The van der Waals surface area contributed by atoms with Crippen LogP contribution < -0.4 is 5.32 Å². The Balaban J connectivity index is 1.72.